The smallest absolute Gasteiger partial charge is 0.416 e. The molecule has 1 aromatic heterocycles. The number of carbonyl (C=O) groups is 1. The number of rotatable bonds is 7. The van der Waals surface area contributed by atoms with Crippen molar-refractivity contribution in [2.75, 3.05) is 0 Å². The summed E-state index contributed by atoms with van der Waals surface area (Å²) in [5.74, 6) is -0.930. The van der Waals surface area contributed by atoms with Crippen molar-refractivity contribution in [3.05, 3.63) is 107 Å². The molecule has 0 spiro atoms. The van der Waals surface area contributed by atoms with Crippen molar-refractivity contribution in [3.8, 4) is 0 Å². The van der Waals surface area contributed by atoms with Crippen molar-refractivity contribution >= 4 is 29.3 Å². The Balaban J connectivity index is 0.00000306. The number of hydrogen-bond acceptors (Lipinski definition) is 2. The maximum atomic E-state index is 13.1. The van der Waals surface area contributed by atoms with Gasteiger partial charge in [-0.1, -0.05) is 66.7 Å². The largest absolute Gasteiger partial charge is 0.481 e. The summed E-state index contributed by atoms with van der Waals surface area (Å²) in [6.45, 7) is 0.199. The molecule has 8 heteroatoms. The monoisotopic (exact) mass is 474 g/mol. The molecule has 172 valence electrons. The number of alkyl halides is 3. The fraction of sp³-hybridized carbons (Fsp3) is 0.160. The van der Waals surface area contributed by atoms with Crippen LogP contribution in [0.25, 0.3) is 10.9 Å². The van der Waals surface area contributed by atoms with Crippen molar-refractivity contribution in [2.45, 2.75) is 25.3 Å². The van der Waals surface area contributed by atoms with Crippen LogP contribution in [0.3, 0.4) is 0 Å². The van der Waals surface area contributed by atoms with Crippen LogP contribution >= 0.6 is 12.4 Å². The van der Waals surface area contributed by atoms with Crippen molar-refractivity contribution in [3.63, 3.8) is 0 Å². The molecule has 0 fully saturated rings. The van der Waals surface area contributed by atoms with Gasteiger partial charge in [-0.2, -0.15) is 13.2 Å². The summed E-state index contributed by atoms with van der Waals surface area (Å²) in [5, 5.41) is 13.5. The first-order chi connectivity index (χ1) is 15.3. The molecule has 4 nitrogen and oxygen atoms in total. The van der Waals surface area contributed by atoms with Gasteiger partial charge in [-0.05, 0) is 28.8 Å². The zero-order valence-electron chi connectivity index (χ0n) is 17.4. The Labute approximate surface area is 195 Å². The van der Waals surface area contributed by atoms with Gasteiger partial charge in [0.25, 0.3) is 0 Å². The normalized spacial score (nSPS) is 12.3. The number of aromatic nitrogens is 1. The molecule has 4 aromatic rings. The highest BCUT2D eigenvalue weighted by molar-refractivity contribution is 5.87. The van der Waals surface area contributed by atoms with Gasteiger partial charge in [0.1, 0.15) is 6.17 Å². The first kappa shape index (κ1) is 24.4. The average Bonchev–Trinajstić information content (AvgIpc) is 3.12. The minimum Gasteiger partial charge on any atom is -0.481 e. The summed E-state index contributed by atoms with van der Waals surface area (Å²) in [6, 6.07) is 22.2. The van der Waals surface area contributed by atoms with Gasteiger partial charge in [0, 0.05) is 23.6 Å². The van der Waals surface area contributed by atoms with Crippen molar-refractivity contribution in [2.24, 2.45) is 0 Å². The van der Waals surface area contributed by atoms with Crippen LogP contribution in [0.4, 0.5) is 13.2 Å². The topological polar surface area (TPSA) is 54.3 Å². The van der Waals surface area contributed by atoms with E-state index in [4.69, 9.17) is 0 Å². The standard InChI is InChI=1S/C25H21F3N2O2.ClH/c26-25(27,28)20-10-6-7-17(13-20)15-29-24(18-8-2-1-3-9-18)30-16-19(14-23(31)32)21-11-4-5-12-22(21)30;/h1-13,16,24,29H,14-15H2,(H,31,32);1H. The molecule has 0 saturated heterocycles. The van der Waals surface area contributed by atoms with Crippen LogP contribution in [0.2, 0.25) is 0 Å². The number of para-hydroxylation sites is 1. The number of carboxylic acid groups (broad SMARTS) is 1. The van der Waals surface area contributed by atoms with Crippen LogP contribution in [-0.2, 0) is 23.9 Å². The molecule has 0 bridgehead atoms. The molecule has 2 N–H and O–H groups in total. The molecule has 1 atom stereocenters. The Morgan fingerprint density at radius 2 is 1.67 bits per heavy atom. The second kappa shape index (κ2) is 10.1. The number of carboxylic acids is 1. The summed E-state index contributed by atoms with van der Waals surface area (Å²) < 4.78 is 41.3. The summed E-state index contributed by atoms with van der Waals surface area (Å²) in [6.07, 6.45) is -3.13. The quantitative estimate of drug-likeness (QED) is 0.343. The maximum Gasteiger partial charge on any atom is 0.416 e. The lowest BCUT2D eigenvalue weighted by molar-refractivity contribution is -0.138. The molecule has 0 radical (unpaired) electrons. The number of aliphatic carboxylic acids is 1. The van der Waals surface area contributed by atoms with E-state index in [9.17, 15) is 23.1 Å². The van der Waals surface area contributed by atoms with Crippen LogP contribution in [0.1, 0.15) is 28.4 Å². The number of halogens is 4. The van der Waals surface area contributed by atoms with E-state index >= 15 is 0 Å². The minimum atomic E-state index is -4.41. The maximum absolute atomic E-state index is 13.1. The number of hydrogen-bond donors (Lipinski definition) is 2. The molecular weight excluding hydrogens is 453 g/mol. The van der Waals surface area contributed by atoms with Crippen LogP contribution < -0.4 is 5.32 Å². The highest BCUT2D eigenvalue weighted by Crippen LogP contribution is 2.30. The van der Waals surface area contributed by atoms with Gasteiger partial charge in [0.15, 0.2) is 0 Å². The highest BCUT2D eigenvalue weighted by atomic mass is 35.5. The number of fused-ring (bicyclic) bond motifs is 1. The van der Waals surface area contributed by atoms with E-state index < -0.39 is 23.9 Å². The fourth-order valence-corrected chi connectivity index (χ4v) is 3.88. The third-order valence-electron chi connectivity index (χ3n) is 5.31. The molecule has 1 heterocycles. The minimum absolute atomic E-state index is 0. The SMILES string of the molecule is Cl.O=C(O)Cc1cn(C(NCc2cccc(C(F)(F)F)c2)c2ccccc2)c2ccccc12. The molecule has 0 saturated carbocycles. The molecule has 0 aliphatic carbocycles. The number of nitrogens with zero attached hydrogens (tertiary/aromatic N) is 1. The molecular formula is C25H22ClF3N2O2. The first-order valence-electron chi connectivity index (χ1n) is 10.1. The predicted molar refractivity (Wildman–Crippen MR) is 123 cm³/mol. The van der Waals surface area contributed by atoms with E-state index in [1.807, 2.05) is 59.2 Å². The summed E-state index contributed by atoms with van der Waals surface area (Å²) in [4.78, 5) is 11.4. The van der Waals surface area contributed by atoms with Gasteiger partial charge in [-0.25, -0.2) is 0 Å². The van der Waals surface area contributed by atoms with Crippen LogP contribution in [0.5, 0.6) is 0 Å². The summed E-state index contributed by atoms with van der Waals surface area (Å²) in [5.41, 5.74) is 2.23. The van der Waals surface area contributed by atoms with Gasteiger partial charge in [-0.3, -0.25) is 10.1 Å². The lowest BCUT2D eigenvalue weighted by Crippen LogP contribution is -2.27. The lowest BCUT2D eigenvalue weighted by atomic mass is 10.1. The van der Waals surface area contributed by atoms with E-state index in [2.05, 4.69) is 5.32 Å². The van der Waals surface area contributed by atoms with Crippen molar-refractivity contribution in [1.29, 1.82) is 0 Å². The zero-order valence-corrected chi connectivity index (χ0v) is 18.2. The molecule has 3 aromatic carbocycles. The fourth-order valence-electron chi connectivity index (χ4n) is 3.88. The predicted octanol–water partition coefficient (Wildman–Crippen LogP) is 6.05. The Bertz CT molecular complexity index is 1240. The van der Waals surface area contributed by atoms with Crippen LogP contribution in [-0.4, -0.2) is 15.6 Å². The number of nitrogens with one attached hydrogen (secondary N) is 1. The van der Waals surface area contributed by atoms with Gasteiger partial charge >= 0.3 is 12.1 Å². The summed E-state index contributed by atoms with van der Waals surface area (Å²) >= 11 is 0. The Kier molecular flexibility index (Phi) is 7.46. The third kappa shape index (κ3) is 5.56. The average molecular weight is 475 g/mol. The van der Waals surface area contributed by atoms with E-state index in [1.165, 1.54) is 6.07 Å². The molecule has 33 heavy (non-hydrogen) atoms. The molecule has 1 unspecified atom stereocenters. The van der Waals surface area contributed by atoms with E-state index in [-0.39, 0.29) is 25.4 Å². The van der Waals surface area contributed by atoms with Gasteiger partial charge in [0.2, 0.25) is 0 Å². The highest BCUT2D eigenvalue weighted by Gasteiger charge is 2.30. The van der Waals surface area contributed by atoms with E-state index in [1.54, 1.807) is 12.3 Å². The zero-order chi connectivity index (χ0) is 22.7. The molecule has 4 rings (SSSR count). The van der Waals surface area contributed by atoms with Gasteiger partial charge < -0.3 is 9.67 Å². The van der Waals surface area contributed by atoms with E-state index in [0.717, 1.165) is 28.6 Å². The van der Waals surface area contributed by atoms with Crippen molar-refractivity contribution in [1.82, 2.24) is 9.88 Å². The molecule has 0 aliphatic rings. The van der Waals surface area contributed by atoms with Crippen LogP contribution in [0, 0.1) is 0 Å². The second-order valence-electron chi connectivity index (χ2n) is 7.54. The Morgan fingerprint density at radius 1 is 0.970 bits per heavy atom. The molecule has 0 aliphatic heterocycles. The molecule has 0 amide bonds. The Hall–Kier alpha value is -3.29. The lowest BCUT2D eigenvalue weighted by Gasteiger charge is -2.23. The Morgan fingerprint density at radius 3 is 2.36 bits per heavy atom. The van der Waals surface area contributed by atoms with Gasteiger partial charge in [-0.15, -0.1) is 12.4 Å². The van der Waals surface area contributed by atoms with E-state index in [0.29, 0.717) is 11.1 Å². The number of benzene rings is 3. The van der Waals surface area contributed by atoms with Crippen LogP contribution in [0.15, 0.2) is 85.1 Å². The first-order valence-corrected chi connectivity index (χ1v) is 10.1. The third-order valence-corrected chi connectivity index (χ3v) is 5.31. The van der Waals surface area contributed by atoms with Crippen molar-refractivity contribution < 1.29 is 23.1 Å². The van der Waals surface area contributed by atoms with Gasteiger partial charge in [0.05, 0.1) is 12.0 Å². The summed E-state index contributed by atoms with van der Waals surface area (Å²) in [7, 11) is 0. The second-order valence-corrected chi connectivity index (χ2v) is 7.54.